The van der Waals surface area contributed by atoms with Crippen LogP contribution in [-0.4, -0.2) is 29.0 Å². The van der Waals surface area contributed by atoms with Crippen molar-refractivity contribution in [3.63, 3.8) is 0 Å². The van der Waals surface area contributed by atoms with Gasteiger partial charge in [-0.2, -0.15) is 0 Å². The highest BCUT2D eigenvalue weighted by molar-refractivity contribution is 5.33. The maximum atomic E-state index is 10.9. The molecule has 5 nitrogen and oxygen atoms in total. The van der Waals surface area contributed by atoms with Gasteiger partial charge in [-0.25, -0.2) is 4.68 Å². The van der Waals surface area contributed by atoms with Crippen molar-refractivity contribution >= 4 is 5.82 Å². The first kappa shape index (κ1) is 8.73. The largest absolute Gasteiger partial charge is 0.374 e. The van der Waals surface area contributed by atoms with Gasteiger partial charge in [-0.15, -0.1) is 5.10 Å². The van der Waals surface area contributed by atoms with E-state index in [1.165, 1.54) is 6.07 Å². The summed E-state index contributed by atoms with van der Waals surface area (Å²) in [7, 11) is 3.63. The summed E-state index contributed by atoms with van der Waals surface area (Å²) < 4.78 is 0.995. The topological polar surface area (TPSA) is 58.4 Å². The number of hydrogen-bond acceptors (Lipinski definition) is 4. The zero-order chi connectivity index (χ0) is 9.14. The van der Waals surface area contributed by atoms with E-state index in [0.717, 1.165) is 4.68 Å². The van der Waals surface area contributed by atoms with Gasteiger partial charge in [0.1, 0.15) is 12.5 Å². The van der Waals surface area contributed by atoms with Crippen molar-refractivity contribution in [3.05, 3.63) is 22.5 Å². The summed E-state index contributed by atoms with van der Waals surface area (Å²) in [5, 5.41) is 12.6. The van der Waals surface area contributed by atoms with Crippen molar-refractivity contribution in [1.82, 2.24) is 9.78 Å². The van der Waals surface area contributed by atoms with Crippen molar-refractivity contribution in [2.45, 2.75) is 6.73 Å². The van der Waals surface area contributed by atoms with E-state index >= 15 is 0 Å². The molecule has 0 atom stereocenters. The van der Waals surface area contributed by atoms with Crippen LogP contribution in [0.25, 0.3) is 0 Å². The second kappa shape index (κ2) is 3.36. The van der Waals surface area contributed by atoms with Crippen molar-refractivity contribution in [3.8, 4) is 0 Å². The van der Waals surface area contributed by atoms with Crippen LogP contribution in [0.2, 0.25) is 0 Å². The summed E-state index contributed by atoms with van der Waals surface area (Å²) in [5.41, 5.74) is -0.303. The summed E-state index contributed by atoms with van der Waals surface area (Å²) in [5.74, 6) is 0.642. The number of aliphatic hydroxyl groups is 1. The van der Waals surface area contributed by atoms with Crippen LogP contribution in [0.4, 0.5) is 5.82 Å². The van der Waals surface area contributed by atoms with E-state index in [-0.39, 0.29) is 12.3 Å². The minimum atomic E-state index is -0.388. The van der Waals surface area contributed by atoms with Crippen LogP contribution in [0.3, 0.4) is 0 Å². The van der Waals surface area contributed by atoms with Crippen molar-refractivity contribution < 1.29 is 5.11 Å². The van der Waals surface area contributed by atoms with Crippen LogP contribution in [0.5, 0.6) is 0 Å². The van der Waals surface area contributed by atoms with Crippen molar-refractivity contribution in [2.24, 2.45) is 0 Å². The highest BCUT2D eigenvalue weighted by Gasteiger charge is 1.99. The van der Waals surface area contributed by atoms with Crippen LogP contribution in [-0.2, 0) is 6.73 Å². The lowest BCUT2D eigenvalue weighted by Crippen LogP contribution is -2.24. The molecule has 0 fully saturated rings. The monoisotopic (exact) mass is 169 g/mol. The Labute approximate surface area is 69.9 Å². The molecule has 0 aliphatic heterocycles. The third-order valence-corrected chi connectivity index (χ3v) is 1.44. The number of rotatable bonds is 2. The van der Waals surface area contributed by atoms with Gasteiger partial charge in [0.2, 0.25) is 0 Å². The SMILES string of the molecule is CN(C)c1ccc(=O)n(CO)n1. The molecule has 0 unspecified atom stereocenters. The Kier molecular flexibility index (Phi) is 2.44. The molecule has 0 aliphatic rings. The molecule has 0 bridgehead atoms. The van der Waals surface area contributed by atoms with Crippen molar-refractivity contribution in [2.75, 3.05) is 19.0 Å². The van der Waals surface area contributed by atoms with E-state index in [1.807, 2.05) is 14.1 Å². The molecule has 0 aromatic carbocycles. The fraction of sp³-hybridized carbons (Fsp3) is 0.429. The number of nitrogens with zero attached hydrogens (tertiary/aromatic N) is 3. The molecule has 1 rings (SSSR count). The third kappa shape index (κ3) is 1.62. The maximum Gasteiger partial charge on any atom is 0.269 e. The molecular formula is C7H11N3O2. The minimum Gasteiger partial charge on any atom is -0.374 e. The predicted octanol–water partition coefficient (Wildman–Crippen LogP) is -0.741. The van der Waals surface area contributed by atoms with Crippen LogP contribution >= 0.6 is 0 Å². The molecule has 0 saturated carbocycles. The fourth-order valence-corrected chi connectivity index (χ4v) is 0.778. The van der Waals surface area contributed by atoms with Crippen LogP contribution < -0.4 is 10.5 Å². The van der Waals surface area contributed by atoms with Crippen LogP contribution in [0.1, 0.15) is 0 Å². The second-order valence-corrected chi connectivity index (χ2v) is 2.57. The van der Waals surface area contributed by atoms with Crippen molar-refractivity contribution in [1.29, 1.82) is 0 Å². The first-order chi connectivity index (χ1) is 5.65. The summed E-state index contributed by atoms with van der Waals surface area (Å²) in [6.07, 6.45) is 0. The molecule has 1 heterocycles. The Balaban J connectivity index is 3.14. The minimum absolute atomic E-state index is 0.303. The predicted molar refractivity (Wildman–Crippen MR) is 45.0 cm³/mol. The normalized spacial score (nSPS) is 9.92. The molecule has 66 valence electrons. The average molecular weight is 169 g/mol. The Morgan fingerprint density at radius 2 is 2.25 bits per heavy atom. The molecule has 5 heteroatoms. The van der Waals surface area contributed by atoms with Gasteiger partial charge < -0.3 is 10.0 Å². The van der Waals surface area contributed by atoms with Gasteiger partial charge in [-0.1, -0.05) is 0 Å². The quantitative estimate of drug-likeness (QED) is 0.633. The smallest absolute Gasteiger partial charge is 0.269 e. The Morgan fingerprint density at radius 3 is 2.75 bits per heavy atom. The summed E-state index contributed by atoms with van der Waals surface area (Å²) >= 11 is 0. The molecule has 0 saturated heterocycles. The zero-order valence-corrected chi connectivity index (χ0v) is 7.06. The van der Waals surface area contributed by atoms with Gasteiger partial charge >= 0.3 is 0 Å². The van der Waals surface area contributed by atoms with Crippen LogP contribution in [0.15, 0.2) is 16.9 Å². The lowest BCUT2D eigenvalue weighted by atomic mass is 10.5. The van der Waals surface area contributed by atoms with Crippen LogP contribution in [0, 0.1) is 0 Å². The molecule has 0 radical (unpaired) electrons. The molecule has 1 N–H and O–H groups in total. The van der Waals surface area contributed by atoms with Gasteiger partial charge in [0, 0.05) is 20.2 Å². The van der Waals surface area contributed by atoms with E-state index in [1.54, 1.807) is 11.0 Å². The Hall–Kier alpha value is -1.36. The Morgan fingerprint density at radius 1 is 1.58 bits per heavy atom. The highest BCUT2D eigenvalue weighted by atomic mass is 16.3. The highest BCUT2D eigenvalue weighted by Crippen LogP contribution is 2.00. The molecule has 1 aromatic heterocycles. The van der Waals surface area contributed by atoms with E-state index in [9.17, 15) is 4.79 Å². The summed E-state index contributed by atoms with van der Waals surface area (Å²) in [6.45, 7) is -0.388. The van der Waals surface area contributed by atoms with Gasteiger partial charge in [0.15, 0.2) is 0 Å². The third-order valence-electron chi connectivity index (χ3n) is 1.44. The molecular weight excluding hydrogens is 158 g/mol. The number of aliphatic hydroxyl groups excluding tert-OH is 1. The van der Waals surface area contributed by atoms with E-state index in [0.29, 0.717) is 5.82 Å². The lowest BCUT2D eigenvalue weighted by molar-refractivity contribution is 0.189. The second-order valence-electron chi connectivity index (χ2n) is 2.57. The summed E-state index contributed by atoms with van der Waals surface area (Å²) in [6, 6.07) is 2.98. The standard InChI is InChI=1S/C7H11N3O2/c1-9(2)6-3-4-7(12)10(5-11)8-6/h3-4,11H,5H2,1-2H3. The summed E-state index contributed by atoms with van der Waals surface area (Å²) in [4.78, 5) is 12.7. The van der Waals surface area contributed by atoms with Gasteiger partial charge in [-0.05, 0) is 6.07 Å². The fourth-order valence-electron chi connectivity index (χ4n) is 0.778. The van der Waals surface area contributed by atoms with E-state index < -0.39 is 0 Å². The maximum absolute atomic E-state index is 10.9. The molecule has 0 spiro atoms. The lowest BCUT2D eigenvalue weighted by Gasteiger charge is -2.11. The number of hydrogen-bond donors (Lipinski definition) is 1. The van der Waals surface area contributed by atoms with Gasteiger partial charge in [-0.3, -0.25) is 4.79 Å². The first-order valence-corrected chi connectivity index (χ1v) is 3.51. The Bertz CT molecular complexity index is 319. The first-order valence-electron chi connectivity index (χ1n) is 3.51. The number of aromatic nitrogens is 2. The molecule has 1 aromatic rings. The molecule has 12 heavy (non-hydrogen) atoms. The number of anilines is 1. The van der Waals surface area contributed by atoms with Gasteiger partial charge in [0.25, 0.3) is 5.56 Å². The van der Waals surface area contributed by atoms with E-state index in [2.05, 4.69) is 5.10 Å². The molecule has 0 amide bonds. The zero-order valence-electron chi connectivity index (χ0n) is 7.06. The molecule has 0 aliphatic carbocycles. The average Bonchev–Trinajstić information content (AvgIpc) is 2.05. The van der Waals surface area contributed by atoms with E-state index in [4.69, 9.17) is 5.11 Å². The van der Waals surface area contributed by atoms with Gasteiger partial charge in [0.05, 0.1) is 0 Å².